The molecule has 4 nitrogen and oxygen atoms in total. The van der Waals surface area contributed by atoms with Gasteiger partial charge in [-0.3, -0.25) is 4.79 Å². The van der Waals surface area contributed by atoms with Crippen molar-refractivity contribution in [2.24, 2.45) is 0 Å². The number of oxazole rings is 1. The van der Waals surface area contributed by atoms with Gasteiger partial charge in [0.1, 0.15) is 5.52 Å². The molecule has 0 saturated heterocycles. The van der Waals surface area contributed by atoms with E-state index in [9.17, 15) is 4.79 Å². The van der Waals surface area contributed by atoms with Crippen LogP contribution in [0.5, 0.6) is 0 Å². The fourth-order valence-electron chi connectivity index (χ4n) is 3.45. The monoisotopic (exact) mass is 397 g/mol. The molecule has 0 aliphatic heterocycles. The van der Waals surface area contributed by atoms with E-state index in [1.165, 1.54) is 0 Å². The lowest BCUT2D eigenvalue weighted by Crippen LogP contribution is -1.94. The largest absolute Gasteiger partial charge is 0.481 e. The summed E-state index contributed by atoms with van der Waals surface area (Å²) in [6.45, 7) is 0. The van der Waals surface area contributed by atoms with Crippen LogP contribution in [0.2, 0.25) is 0 Å². The molecule has 3 aromatic carbocycles. The van der Waals surface area contributed by atoms with Crippen molar-refractivity contribution in [2.75, 3.05) is 0 Å². The molecule has 4 aromatic rings. The summed E-state index contributed by atoms with van der Waals surface area (Å²) < 4.78 is 6.11. The fraction of sp³-hybridized carbons (Fsp3) is 0.154. The van der Waals surface area contributed by atoms with Crippen LogP contribution >= 0.6 is 0 Å². The second kappa shape index (κ2) is 9.23. The molecule has 4 heteroatoms. The highest BCUT2D eigenvalue weighted by molar-refractivity contribution is 5.90. The fourth-order valence-corrected chi connectivity index (χ4v) is 3.45. The van der Waals surface area contributed by atoms with Gasteiger partial charge in [0.2, 0.25) is 5.89 Å². The van der Waals surface area contributed by atoms with Crippen LogP contribution in [0.4, 0.5) is 0 Å². The maximum Gasteiger partial charge on any atom is 0.303 e. The molecule has 0 bridgehead atoms. The normalized spacial score (nSPS) is 11.7. The molecular formula is C26H23NO3. The van der Waals surface area contributed by atoms with Crippen LogP contribution in [0.25, 0.3) is 22.7 Å². The molecule has 1 aromatic heterocycles. The average molecular weight is 397 g/mol. The Morgan fingerprint density at radius 3 is 2.40 bits per heavy atom. The van der Waals surface area contributed by atoms with E-state index in [4.69, 9.17) is 14.5 Å². The van der Waals surface area contributed by atoms with Crippen LogP contribution in [0, 0.1) is 0 Å². The molecule has 0 saturated carbocycles. The Morgan fingerprint density at radius 1 is 0.933 bits per heavy atom. The lowest BCUT2D eigenvalue weighted by atomic mass is 10.0. The summed E-state index contributed by atoms with van der Waals surface area (Å²) in [5.74, 6) is -0.159. The highest BCUT2D eigenvalue weighted by atomic mass is 16.4. The standard InChI is InChI=1S/C26H23NO3/c28-25(29)14-8-7-11-20-15-16-24-23(18-20)27-26(30-24)22(21-12-5-2-6-13-21)17-19-9-3-1-4-10-19/h1-6,9-10,12-13,15-18H,7-8,11,14H2,(H,28,29). The van der Waals surface area contributed by atoms with Crippen molar-refractivity contribution in [3.8, 4) is 0 Å². The summed E-state index contributed by atoms with van der Waals surface area (Å²) >= 11 is 0. The molecular weight excluding hydrogens is 374 g/mol. The highest BCUT2D eigenvalue weighted by Crippen LogP contribution is 2.29. The number of carboxylic acid groups (broad SMARTS) is 1. The van der Waals surface area contributed by atoms with Crippen molar-refractivity contribution in [3.63, 3.8) is 0 Å². The Morgan fingerprint density at radius 2 is 1.67 bits per heavy atom. The zero-order valence-corrected chi connectivity index (χ0v) is 16.6. The average Bonchev–Trinajstić information content (AvgIpc) is 3.19. The van der Waals surface area contributed by atoms with E-state index in [2.05, 4.69) is 30.3 Å². The number of carbonyl (C=O) groups is 1. The Labute approximate surface area is 175 Å². The van der Waals surface area contributed by atoms with Crippen molar-refractivity contribution >= 4 is 28.7 Å². The summed E-state index contributed by atoms with van der Waals surface area (Å²) in [6, 6.07) is 26.3. The number of aromatic nitrogens is 1. The molecule has 0 radical (unpaired) electrons. The number of benzene rings is 3. The van der Waals surface area contributed by atoms with E-state index in [1.807, 2.05) is 54.6 Å². The molecule has 1 N–H and O–H groups in total. The molecule has 0 spiro atoms. The van der Waals surface area contributed by atoms with Crippen molar-refractivity contribution in [3.05, 3.63) is 101 Å². The second-order valence-corrected chi connectivity index (χ2v) is 7.26. The van der Waals surface area contributed by atoms with Gasteiger partial charge < -0.3 is 9.52 Å². The first-order valence-corrected chi connectivity index (χ1v) is 10.1. The summed E-state index contributed by atoms with van der Waals surface area (Å²) in [5.41, 5.74) is 5.76. The van der Waals surface area contributed by atoms with Crippen molar-refractivity contribution < 1.29 is 14.3 Å². The van der Waals surface area contributed by atoms with Crippen molar-refractivity contribution in [1.29, 1.82) is 0 Å². The van der Waals surface area contributed by atoms with Gasteiger partial charge in [0, 0.05) is 12.0 Å². The molecule has 1 heterocycles. The minimum atomic E-state index is -0.745. The predicted octanol–water partition coefficient (Wildman–Crippen LogP) is 6.21. The molecule has 30 heavy (non-hydrogen) atoms. The Bertz CT molecular complexity index is 1160. The maximum atomic E-state index is 10.7. The van der Waals surface area contributed by atoms with E-state index in [1.54, 1.807) is 0 Å². The molecule has 0 atom stereocenters. The van der Waals surface area contributed by atoms with Gasteiger partial charge in [-0.15, -0.1) is 0 Å². The Balaban J connectivity index is 1.65. The van der Waals surface area contributed by atoms with E-state index in [0.29, 0.717) is 12.3 Å². The molecule has 0 amide bonds. The van der Waals surface area contributed by atoms with Gasteiger partial charge in [0.25, 0.3) is 0 Å². The lowest BCUT2D eigenvalue weighted by Gasteiger charge is -2.04. The van der Waals surface area contributed by atoms with Crippen LogP contribution in [-0.4, -0.2) is 16.1 Å². The number of aryl methyl sites for hydroxylation is 1. The van der Waals surface area contributed by atoms with Crippen molar-refractivity contribution in [2.45, 2.75) is 25.7 Å². The number of fused-ring (bicyclic) bond motifs is 1. The first kappa shape index (κ1) is 19.6. The van der Waals surface area contributed by atoms with Crippen LogP contribution in [-0.2, 0) is 11.2 Å². The number of carboxylic acids is 1. The van der Waals surface area contributed by atoms with Crippen LogP contribution < -0.4 is 0 Å². The number of unbranched alkanes of at least 4 members (excludes halogenated alkanes) is 1. The summed E-state index contributed by atoms with van der Waals surface area (Å²) in [6.07, 6.45) is 4.64. The van der Waals surface area contributed by atoms with E-state index in [-0.39, 0.29) is 6.42 Å². The third kappa shape index (κ3) is 4.84. The molecule has 0 aliphatic rings. The first-order valence-electron chi connectivity index (χ1n) is 10.1. The van der Waals surface area contributed by atoms with Gasteiger partial charge in [-0.05, 0) is 54.2 Å². The zero-order valence-electron chi connectivity index (χ0n) is 16.6. The smallest absolute Gasteiger partial charge is 0.303 e. The third-order valence-electron chi connectivity index (χ3n) is 4.98. The summed E-state index contributed by atoms with van der Waals surface area (Å²) in [5, 5.41) is 8.78. The molecule has 4 rings (SSSR count). The quantitative estimate of drug-likeness (QED) is 0.283. The molecule has 0 aliphatic carbocycles. The van der Waals surface area contributed by atoms with E-state index in [0.717, 1.165) is 46.2 Å². The zero-order chi connectivity index (χ0) is 20.8. The van der Waals surface area contributed by atoms with Gasteiger partial charge in [-0.2, -0.15) is 0 Å². The second-order valence-electron chi connectivity index (χ2n) is 7.26. The predicted molar refractivity (Wildman–Crippen MR) is 119 cm³/mol. The van der Waals surface area contributed by atoms with E-state index >= 15 is 0 Å². The van der Waals surface area contributed by atoms with Gasteiger partial charge >= 0.3 is 5.97 Å². The Kier molecular flexibility index (Phi) is 6.04. The van der Waals surface area contributed by atoms with Crippen LogP contribution in [0.1, 0.15) is 41.8 Å². The number of rotatable bonds is 8. The third-order valence-corrected chi connectivity index (χ3v) is 4.98. The van der Waals surface area contributed by atoms with Gasteiger partial charge in [0.05, 0.1) is 0 Å². The highest BCUT2D eigenvalue weighted by Gasteiger charge is 2.14. The molecule has 0 unspecified atom stereocenters. The Hall–Kier alpha value is -3.66. The number of nitrogens with zero attached hydrogens (tertiary/aromatic N) is 1. The molecule has 150 valence electrons. The lowest BCUT2D eigenvalue weighted by molar-refractivity contribution is -0.137. The van der Waals surface area contributed by atoms with Gasteiger partial charge in [-0.25, -0.2) is 4.98 Å². The van der Waals surface area contributed by atoms with Gasteiger partial charge in [0.15, 0.2) is 5.58 Å². The number of hydrogen-bond acceptors (Lipinski definition) is 3. The van der Waals surface area contributed by atoms with Crippen LogP contribution in [0.3, 0.4) is 0 Å². The topological polar surface area (TPSA) is 63.3 Å². The summed E-state index contributed by atoms with van der Waals surface area (Å²) in [7, 11) is 0. The SMILES string of the molecule is O=C(O)CCCCc1ccc2oc(C(=Cc3ccccc3)c3ccccc3)nc2c1. The maximum absolute atomic E-state index is 10.7. The first-order chi connectivity index (χ1) is 14.7. The minimum Gasteiger partial charge on any atom is -0.481 e. The molecule has 0 fully saturated rings. The van der Waals surface area contributed by atoms with Crippen LogP contribution in [0.15, 0.2) is 83.3 Å². The summed E-state index contributed by atoms with van der Waals surface area (Å²) in [4.78, 5) is 15.4. The number of hydrogen-bond donors (Lipinski definition) is 1. The number of aliphatic carboxylic acids is 1. The van der Waals surface area contributed by atoms with E-state index < -0.39 is 5.97 Å². The van der Waals surface area contributed by atoms with Crippen molar-refractivity contribution in [1.82, 2.24) is 4.98 Å². The minimum absolute atomic E-state index is 0.209. The van der Waals surface area contributed by atoms with Gasteiger partial charge in [-0.1, -0.05) is 66.7 Å².